The van der Waals surface area contributed by atoms with Crippen molar-refractivity contribution in [1.29, 1.82) is 0 Å². The first-order valence-corrected chi connectivity index (χ1v) is 9.09. The number of benzene rings is 2. The predicted molar refractivity (Wildman–Crippen MR) is 103 cm³/mol. The fourth-order valence-corrected chi connectivity index (χ4v) is 3.34. The average molecular weight is 352 g/mol. The highest BCUT2D eigenvalue weighted by atomic mass is 32.2. The normalized spacial score (nSPS) is 16.1. The van der Waals surface area contributed by atoms with Gasteiger partial charge in [-0.05, 0) is 43.2 Å². The van der Waals surface area contributed by atoms with Crippen LogP contribution in [0.1, 0.15) is 36.2 Å². The van der Waals surface area contributed by atoms with E-state index in [1.165, 1.54) is 11.8 Å². The van der Waals surface area contributed by atoms with Crippen LogP contribution in [-0.2, 0) is 4.79 Å². The zero-order valence-electron chi connectivity index (χ0n) is 14.2. The fourth-order valence-electron chi connectivity index (χ4n) is 2.41. The second kappa shape index (κ2) is 7.57. The minimum absolute atomic E-state index is 0.118. The average Bonchev–Trinajstić information content (AvgIpc) is 2.62. The molecule has 2 aromatic carbocycles. The highest BCUT2D eigenvalue weighted by Gasteiger charge is 2.22. The summed E-state index contributed by atoms with van der Waals surface area (Å²) in [6, 6.07) is 15.3. The topological polar surface area (TPSA) is 58.2 Å². The van der Waals surface area contributed by atoms with Crippen LogP contribution in [-0.4, -0.2) is 17.9 Å². The SMILES string of the molecule is CCC(C)NC(=O)c1ccc2c(c1)NC(=O)C(=Cc1ccccc1)S2. The molecule has 1 unspecified atom stereocenters. The van der Waals surface area contributed by atoms with Gasteiger partial charge in [0, 0.05) is 16.5 Å². The molecule has 1 aliphatic heterocycles. The molecule has 4 nitrogen and oxygen atoms in total. The van der Waals surface area contributed by atoms with Crippen molar-refractivity contribution in [2.24, 2.45) is 0 Å². The number of hydrogen-bond donors (Lipinski definition) is 2. The number of fused-ring (bicyclic) bond motifs is 1. The lowest BCUT2D eigenvalue weighted by Crippen LogP contribution is -2.32. The summed E-state index contributed by atoms with van der Waals surface area (Å²) in [6.07, 6.45) is 2.74. The largest absolute Gasteiger partial charge is 0.350 e. The molecule has 0 bridgehead atoms. The van der Waals surface area contributed by atoms with Crippen LogP contribution in [0.2, 0.25) is 0 Å². The second-order valence-electron chi connectivity index (χ2n) is 5.97. The zero-order chi connectivity index (χ0) is 17.8. The van der Waals surface area contributed by atoms with Gasteiger partial charge in [0.25, 0.3) is 11.8 Å². The van der Waals surface area contributed by atoms with Gasteiger partial charge in [0.2, 0.25) is 0 Å². The van der Waals surface area contributed by atoms with Crippen molar-refractivity contribution in [3.05, 3.63) is 64.6 Å². The minimum atomic E-state index is -0.152. The van der Waals surface area contributed by atoms with E-state index in [2.05, 4.69) is 10.6 Å². The third-order valence-electron chi connectivity index (χ3n) is 4.02. The second-order valence-corrected chi connectivity index (χ2v) is 7.05. The zero-order valence-corrected chi connectivity index (χ0v) is 15.0. The monoisotopic (exact) mass is 352 g/mol. The lowest BCUT2D eigenvalue weighted by Gasteiger charge is -2.20. The molecular weight excluding hydrogens is 332 g/mol. The Labute approximate surface area is 151 Å². The van der Waals surface area contributed by atoms with E-state index in [0.29, 0.717) is 16.2 Å². The molecule has 0 saturated heterocycles. The summed E-state index contributed by atoms with van der Waals surface area (Å²) in [6.45, 7) is 3.99. The molecule has 5 heteroatoms. The lowest BCUT2D eigenvalue weighted by atomic mass is 10.1. The summed E-state index contributed by atoms with van der Waals surface area (Å²) in [5.41, 5.74) is 2.21. The summed E-state index contributed by atoms with van der Waals surface area (Å²) in [5.74, 6) is -0.275. The Kier molecular flexibility index (Phi) is 5.24. The Hall–Kier alpha value is -2.53. The number of amides is 2. The number of carbonyl (C=O) groups is 2. The fraction of sp³-hybridized carbons (Fsp3) is 0.200. The van der Waals surface area contributed by atoms with Crippen LogP contribution < -0.4 is 10.6 Å². The van der Waals surface area contributed by atoms with E-state index in [1.54, 1.807) is 12.1 Å². The number of thioether (sulfide) groups is 1. The molecule has 0 saturated carbocycles. The van der Waals surface area contributed by atoms with Gasteiger partial charge in [-0.3, -0.25) is 9.59 Å². The molecule has 3 rings (SSSR count). The standard InChI is InChI=1S/C20H20N2O2S/c1-3-13(2)21-19(23)15-9-10-17-16(12-15)22-20(24)18(25-17)11-14-7-5-4-6-8-14/h4-13H,3H2,1-2H3,(H,21,23)(H,22,24). The molecule has 0 aliphatic carbocycles. The van der Waals surface area contributed by atoms with Crippen molar-refractivity contribution in [2.75, 3.05) is 5.32 Å². The van der Waals surface area contributed by atoms with Gasteiger partial charge in [0.15, 0.2) is 0 Å². The highest BCUT2D eigenvalue weighted by molar-refractivity contribution is 8.04. The Bertz CT molecular complexity index is 831. The van der Waals surface area contributed by atoms with Crippen LogP contribution in [0, 0.1) is 0 Å². The number of carbonyl (C=O) groups excluding carboxylic acids is 2. The van der Waals surface area contributed by atoms with Crippen molar-refractivity contribution in [3.63, 3.8) is 0 Å². The summed E-state index contributed by atoms with van der Waals surface area (Å²) in [7, 11) is 0. The van der Waals surface area contributed by atoms with E-state index < -0.39 is 0 Å². The first kappa shape index (κ1) is 17.3. The van der Waals surface area contributed by atoms with E-state index in [9.17, 15) is 9.59 Å². The minimum Gasteiger partial charge on any atom is -0.350 e. The molecule has 128 valence electrons. The third-order valence-corrected chi connectivity index (χ3v) is 5.12. The summed E-state index contributed by atoms with van der Waals surface area (Å²) in [4.78, 5) is 26.2. The van der Waals surface area contributed by atoms with Crippen molar-refractivity contribution < 1.29 is 9.59 Å². The molecule has 2 aromatic rings. The summed E-state index contributed by atoms with van der Waals surface area (Å²) in [5, 5.41) is 5.82. The molecule has 1 aliphatic rings. The predicted octanol–water partition coefficient (Wildman–Crippen LogP) is 4.30. The number of rotatable bonds is 4. The Morgan fingerprint density at radius 3 is 2.72 bits per heavy atom. The quantitative estimate of drug-likeness (QED) is 0.807. The van der Waals surface area contributed by atoms with Gasteiger partial charge in [-0.1, -0.05) is 49.0 Å². The van der Waals surface area contributed by atoms with E-state index in [-0.39, 0.29) is 17.9 Å². The smallest absolute Gasteiger partial charge is 0.262 e. The van der Waals surface area contributed by atoms with Crippen LogP contribution in [0.3, 0.4) is 0 Å². The van der Waals surface area contributed by atoms with Gasteiger partial charge in [0.05, 0.1) is 10.6 Å². The van der Waals surface area contributed by atoms with Gasteiger partial charge >= 0.3 is 0 Å². The van der Waals surface area contributed by atoms with E-state index in [0.717, 1.165) is 16.9 Å². The van der Waals surface area contributed by atoms with E-state index in [1.807, 2.05) is 56.3 Å². The molecule has 1 heterocycles. The van der Waals surface area contributed by atoms with E-state index in [4.69, 9.17) is 0 Å². The maximum absolute atomic E-state index is 12.4. The Morgan fingerprint density at radius 2 is 2.00 bits per heavy atom. The number of nitrogens with one attached hydrogen (secondary N) is 2. The molecule has 1 atom stereocenters. The molecule has 25 heavy (non-hydrogen) atoms. The van der Waals surface area contributed by atoms with Crippen molar-refractivity contribution in [1.82, 2.24) is 5.32 Å². The van der Waals surface area contributed by atoms with Crippen LogP contribution in [0.4, 0.5) is 5.69 Å². The van der Waals surface area contributed by atoms with Gasteiger partial charge in [-0.2, -0.15) is 0 Å². The highest BCUT2D eigenvalue weighted by Crippen LogP contribution is 2.39. The Morgan fingerprint density at radius 1 is 1.24 bits per heavy atom. The van der Waals surface area contributed by atoms with E-state index >= 15 is 0 Å². The van der Waals surface area contributed by atoms with Crippen molar-refractivity contribution >= 4 is 35.3 Å². The molecular formula is C20H20N2O2S. The maximum Gasteiger partial charge on any atom is 0.262 e. The molecule has 0 fully saturated rings. The lowest BCUT2D eigenvalue weighted by molar-refractivity contribution is -0.112. The van der Waals surface area contributed by atoms with Crippen LogP contribution in [0.15, 0.2) is 58.3 Å². The Balaban J connectivity index is 1.82. The van der Waals surface area contributed by atoms with Gasteiger partial charge in [-0.15, -0.1) is 0 Å². The van der Waals surface area contributed by atoms with Crippen molar-refractivity contribution in [2.45, 2.75) is 31.2 Å². The first-order chi connectivity index (χ1) is 12.1. The molecule has 0 spiro atoms. The van der Waals surface area contributed by atoms with Gasteiger partial charge in [-0.25, -0.2) is 0 Å². The number of hydrogen-bond acceptors (Lipinski definition) is 3. The molecule has 0 aromatic heterocycles. The maximum atomic E-state index is 12.4. The molecule has 2 N–H and O–H groups in total. The van der Waals surface area contributed by atoms with Gasteiger partial charge in [0.1, 0.15) is 0 Å². The van der Waals surface area contributed by atoms with Gasteiger partial charge < -0.3 is 10.6 Å². The van der Waals surface area contributed by atoms with Crippen LogP contribution >= 0.6 is 11.8 Å². The van der Waals surface area contributed by atoms with Crippen LogP contribution in [0.25, 0.3) is 6.08 Å². The summed E-state index contributed by atoms with van der Waals surface area (Å²) < 4.78 is 0. The van der Waals surface area contributed by atoms with Crippen LogP contribution in [0.5, 0.6) is 0 Å². The molecule has 2 amide bonds. The number of anilines is 1. The molecule has 0 radical (unpaired) electrons. The first-order valence-electron chi connectivity index (χ1n) is 8.27. The summed E-state index contributed by atoms with van der Waals surface area (Å²) >= 11 is 1.42. The van der Waals surface area contributed by atoms with Crippen molar-refractivity contribution in [3.8, 4) is 0 Å². The third kappa shape index (κ3) is 4.12.